The Kier molecular flexibility index (Phi) is 3.79. The van der Waals surface area contributed by atoms with Crippen molar-refractivity contribution in [2.24, 2.45) is 0 Å². The van der Waals surface area contributed by atoms with Gasteiger partial charge in [-0.15, -0.1) is 0 Å². The number of nitrogens with zero attached hydrogens (tertiary/aromatic N) is 2. The van der Waals surface area contributed by atoms with Crippen LogP contribution in [0.4, 0.5) is 11.7 Å². The van der Waals surface area contributed by atoms with Gasteiger partial charge in [0.1, 0.15) is 0 Å². The number of nitrogen functional groups attached to an aromatic ring is 1. The van der Waals surface area contributed by atoms with Crippen LogP contribution < -0.4 is 11.1 Å². The molecule has 3 N–H and O–H groups in total. The van der Waals surface area contributed by atoms with E-state index >= 15 is 0 Å². The van der Waals surface area contributed by atoms with E-state index in [9.17, 15) is 4.79 Å². The number of hydrogen-bond acceptors (Lipinski definition) is 5. The van der Waals surface area contributed by atoms with Gasteiger partial charge in [-0.3, -0.25) is 10.1 Å². The van der Waals surface area contributed by atoms with Gasteiger partial charge in [0.15, 0.2) is 5.82 Å². The SMILES string of the molecule is Cc1noc(NC(=O)CC(C)c2ccc(N)cc2)n1. The number of nitrogens with two attached hydrogens (primary N) is 1. The summed E-state index contributed by atoms with van der Waals surface area (Å²) < 4.78 is 4.83. The first-order valence-electron chi connectivity index (χ1n) is 6.00. The summed E-state index contributed by atoms with van der Waals surface area (Å²) in [5.74, 6) is 0.416. The van der Waals surface area contributed by atoms with Gasteiger partial charge in [0.25, 0.3) is 0 Å². The molecule has 0 aliphatic rings. The van der Waals surface area contributed by atoms with Gasteiger partial charge in [0.05, 0.1) is 0 Å². The molecule has 6 nitrogen and oxygen atoms in total. The lowest BCUT2D eigenvalue weighted by molar-refractivity contribution is -0.116. The highest BCUT2D eigenvalue weighted by molar-refractivity contribution is 5.89. The number of amides is 1. The third-order valence-corrected chi connectivity index (χ3v) is 2.77. The van der Waals surface area contributed by atoms with E-state index < -0.39 is 0 Å². The average Bonchev–Trinajstić information content (AvgIpc) is 2.75. The molecule has 1 unspecified atom stereocenters. The second-order valence-corrected chi connectivity index (χ2v) is 4.47. The summed E-state index contributed by atoms with van der Waals surface area (Å²) in [7, 11) is 0. The molecule has 1 aromatic carbocycles. The summed E-state index contributed by atoms with van der Waals surface area (Å²) in [5, 5.41) is 6.17. The first-order chi connectivity index (χ1) is 9.04. The summed E-state index contributed by atoms with van der Waals surface area (Å²) in [6.07, 6.45) is 0.339. The molecule has 0 aliphatic carbocycles. The zero-order valence-corrected chi connectivity index (χ0v) is 10.9. The molecule has 2 rings (SSSR count). The highest BCUT2D eigenvalue weighted by atomic mass is 16.5. The molecule has 0 aliphatic heterocycles. The van der Waals surface area contributed by atoms with Gasteiger partial charge in [-0.25, -0.2) is 0 Å². The highest BCUT2D eigenvalue weighted by Gasteiger charge is 2.13. The number of aromatic nitrogens is 2. The van der Waals surface area contributed by atoms with Crippen molar-refractivity contribution < 1.29 is 9.32 Å². The monoisotopic (exact) mass is 260 g/mol. The van der Waals surface area contributed by atoms with Crippen molar-refractivity contribution in [3.63, 3.8) is 0 Å². The van der Waals surface area contributed by atoms with E-state index in [0.717, 1.165) is 5.56 Å². The Morgan fingerprint density at radius 2 is 2.11 bits per heavy atom. The Hall–Kier alpha value is -2.37. The second-order valence-electron chi connectivity index (χ2n) is 4.47. The van der Waals surface area contributed by atoms with Crippen molar-refractivity contribution in [2.45, 2.75) is 26.2 Å². The van der Waals surface area contributed by atoms with Gasteiger partial charge in [-0.1, -0.05) is 24.2 Å². The summed E-state index contributed by atoms with van der Waals surface area (Å²) in [5.41, 5.74) is 7.40. The van der Waals surface area contributed by atoms with Crippen LogP contribution in [0.1, 0.15) is 30.7 Å². The maximum Gasteiger partial charge on any atom is 0.328 e. The van der Waals surface area contributed by atoms with Crippen LogP contribution in [-0.2, 0) is 4.79 Å². The predicted octanol–water partition coefficient (Wildman–Crippen LogP) is 2.09. The van der Waals surface area contributed by atoms with Gasteiger partial charge in [-0.2, -0.15) is 4.98 Å². The Morgan fingerprint density at radius 3 is 2.68 bits per heavy atom. The first-order valence-corrected chi connectivity index (χ1v) is 6.00. The van der Waals surface area contributed by atoms with Crippen LogP contribution in [0, 0.1) is 6.92 Å². The molecular formula is C13H16N4O2. The van der Waals surface area contributed by atoms with Gasteiger partial charge < -0.3 is 10.3 Å². The van der Waals surface area contributed by atoms with Crippen LogP contribution in [0.15, 0.2) is 28.8 Å². The van der Waals surface area contributed by atoms with E-state index in [2.05, 4.69) is 15.5 Å². The molecule has 0 spiro atoms. The van der Waals surface area contributed by atoms with E-state index in [1.807, 2.05) is 31.2 Å². The summed E-state index contributed by atoms with van der Waals surface area (Å²) in [4.78, 5) is 15.7. The lowest BCUT2D eigenvalue weighted by atomic mass is 9.97. The molecule has 1 amide bonds. The van der Waals surface area contributed by atoms with E-state index in [4.69, 9.17) is 10.3 Å². The quantitative estimate of drug-likeness (QED) is 0.821. The molecule has 0 saturated heterocycles. The van der Waals surface area contributed by atoms with Gasteiger partial charge in [0, 0.05) is 12.1 Å². The van der Waals surface area contributed by atoms with Gasteiger partial charge in [0.2, 0.25) is 5.91 Å². The third kappa shape index (κ3) is 3.54. The number of nitrogens with one attached hydrogen (secondary N) is 1. The maximum absolute atomic E-state index is 11.8. The molecule has 0 saturated carbocycles. The van der Waals surface area contributed by atoms with Gasteiger partial charge >= 0.3 is 6.01 Å². The smallest absolute Gasteiger partial charge is 0.328 e. The molecule has 100 valence electrons. The van der Waals surface area contributed by atoms with E-state index in [-0.39, 0.29) is 17.8 Å². The normalized spacial score (nSPS) is 12.1. The Morgan fingerprint density at radius 1 is 1.42 bits per heavy atom. The Labute approximate surface area is 111 Å². The molecule has 0 radical (unpaired) electrons. The topological polar surface area (TPSA) is 94.0 Å². The maximum atomic E-state index is 11.8. The van der Waals surface area contributed by atoms with E-state index in [0.29, 0.717) is 17.9 Å². The van der Waals surface area contributed by atoms with E-state index in [1.54, 1.807) is 6.92 Å². The minimum atomic E-state index is -0.159. The van der Waals surface area contributed by atoms with Crippen molar-refractivity contribution in [2.75, 3.05) is 11.1 Å². The minimum Gasteiger partial charge on any atom is -0.399 e. The van der Waals surface area contributed by atoms with Crippen molar-refractivity contribution in [3.05, 3.63) is 35.7 Å². The van der Waals surface area contributed by atoms with Crippen LogP contribution in [-0.4, -0.2) is 16.0 Å². The standard InChI is InChI=1S/C13H16N4O2/c1-8(10-3-5-11(14)6-4-10)7-12(18)16-13-15-9(2)17-19-13/h3-6,8H,7,14H2,1-2H3,(H,15,16,17,18). The molecule has 1 atom stereocenters. The number of carbonyl (C=O) groups is 1. The van der Waals surface area contributed by atoms with Crippen molar-refractivity contribution in [3.8, 4) is 0 Å². The lowest BCUT2D eigenvalue weighted by Gasteiger charge is -2.10. The Bertz CT molecular complexity index is 562. The van der Waals surface area contributed by atoms with Gasteiger partial charge in [-0.05, 0) is 30.5 Å². The zero-order chi connectivity index (χ0) is 13.8. The van der Waals surface area contributed by atoms with Crippen LogP contribution in [0.2, 0.25) is 0 Å². The molecule has 1 heterocycles. The fraction of sp³-hybridized carbons (Fsp3) is 0.308. The van der Waals surface area contributed by atoms with Crippen LogP contribution in [0.25, 0.3) is 0 Å². The predicted molar refractivity (Wildman–Crippen MR) is 71.6 cm³/mol. The van der Waals surface area contributed by atoms with Crippen molar-refractivity contribution in [1.82, 2.24) is 10.1 Å². The molecule has 2 aromatic rings. The van der Waals surface area contributed by atoms with Crippen LogP contribution in [0.5, 0.6) is 0 Å². The molecule has 6 heteroatoms. The second kappa shape index (κ2) is 5.51. The zero-order valence-electron chi connectivity index (χ0n) is 10.9. The average molecular weight is 260 g/mol. The number of carbonyl (C=O) groups excluding carboxylic acids is 1. The lowest BCUT2D eigenvalue weighted by Crippen LogP contribution is -2.14. The van der Waals surface area contributed by atoms with Crippen LogP contribution >= 0.6 is 0 Å². The number of anilines is 2. The number of benzene rings is 1. The summed E-state index contributed by atoms with van der Waals surface area (Å²) in [6.45, 7) is 3.67. The fourth-order valence-electron chi connectivity index (χ4n) is 1.74. The summed E-state index contributed by atoms with van der Waals surface area (Å²) >= 11 is 0. The molecule has 1 aromatic heterocycles. The van der Waals surface area contributed by atoms with E-state index in [1.165, 1.54) is 0 Å². The Balaban J connectivity index is 1.93. The molecular weight excluding hydrogens is 244 g/mol. The number of rotatable bonds is 4. The molecule has 19 heavy (non-hydrogen) atoms. The number of aryl methyl sites for hydroxylation is 1. The molecule has 0 fully saturated rings. The first kappa shape index (κ1) is 13.1. The van der Waals surface area contributed by atoms with Crippen molar-refractivity contribution >= 4 is 17.6 Å². The largest absolute Gasteiger partial charge is 0.399 e. The minimum absolute atomic E-state index is 0.0876. The highest BCUT2D eigenvalue weighted by Crippen LogP contribution is 2.20. The van der Waals surface area contributed by atoms with Crippen molar-refractivity contribution in [1.29, 1.82) is 0 Å². The fourth-order valence-corrected chi connectivity index (χ4v) is 1.74. The number of hydrogen-bond donors (Lipinski definition) is 2. The molecule has 0 bridgehead atoms. The third-order valence-electron chi connectivity index (χ3n) is 2.77. The summed E-state index contributed by atoms with van der Waals surface area (Å²) in [6, 6.07) is 7.62. The van der Waals surface area contributed by atoms with Crippen LogP contribution in [0.3, 0.4) is 0 Å².